The molecule has 1 nitrogen and oxygen atoms in total. The van der Waals surface area contributed by atoms with Gasteiger partial charge >= 0.3 is 0 Å². The zero-order valence-electron chi connectivity index (χ0n) is 6.34. The Kier molecular flexibility index (Phi) is 3.08. The van der Waals surface area contributed by atoms with Crippen molar-refractivity contribution in [2.75, 3.05) is 11.5 Å². The number of nitriles is 1. The fourth-order valence-corrected chi connectivity index (χ4v) is 2.46. The summed E-state index contributed by atoms with van der Waals surface area (Å²) in [6.07, 6.45) is 2.50. The summed E-state index contributed by atoms with van der Waals surface area (Å²) in [6.45, 7) is 2.04. The first-order chi connectivity index (χ1) is 4.84. The summed E-state index contributed by atoms with van der Waals surface area (Å²) in [5.74, 6) is 3.49. The Morgan fingerprint density at radius 2 is 2.10 bits per heavy atom. The van der Waals surface area contributed by atoms with Crippen molar-refractivity contribution in [3.8, 4) is 6.07 Å². The van der Waals surface area contributed by atoms with E-state index in [1.807, 2.05) is 18.7 Å². The molecule has 0 radical (unpaired) electrons. The number of rotatable bonds is 1. The minimum atomic E-state index is 0.279. The first-order valence-corrected chi connectivity index (χ1v) is 4.97. The molecule has 0 aromatic rings. The van der Waals surface area contributed by atoms with E-state index in [9.17, 15) is 0 Å². The Balaban J connectivity index is 2.33. The lowest BCUT2D eigenvalue weighted by Crippen LogP contribution is -2.16. The fraction of sp³-hybridized carbons (Fsp3) is 0.875. The first-order valence-electron chi connectivity index (χ1n) is 3.82. The molecule has 0 amide bonds. The highest BCUT2D eigenvalue weighted by Gasteiger charge is 2.19. The van der Waals surface area contributed by atoms with Crippen molar-refractivity contribution in [2.24, 2.45) is 11.8 Å². The zero-order chi connectivity index (χ0) is 7.40. The van der Waals surface area contributed by atoms with Crippen molar-refractivity contribution in [1.29, 1.82) is 5.26 Å². The molecule has 0 bridgehead atoms. The molecule has 56 valence electrons. The van der Waals surface area contributed by atoms with Crippen molar-refractivity contribution in [3.05, 3.63) is 0 Å². The van der Waals surface area contributed by atoms with Crippen LogP contribution in [0, 0.1) is 23.2 Å². The lowest BCUT2D eigenvalue weighted by Gasteiger charge is -2.22. The predicted molar refractivity (Wildman–Crippen MR) is 44.8 cm³/mol. The van der Waals surface area contributed by atoms with Crippen LogP contribution in [0.2, 0.25) is 0 Å². The van der Waals surface area contributed by atoms with Crippen molar-refractivity contribution in [1.82, 2.24) is 0 Å². The largest absolute Gasteiger partial charge is 0.198 e. The molecule has 0 spiro atoms. The second-order valence-electron chi connectivity index (χ2n) is 2.87. The molecule has 1 unspecified atom stereocenters. The molecular formula is C8H13NS. The van der Waals surface area contributed by atoms with Crippen molar-refractivity contribution in [3.63, 3.8) is 0 Å². The molecule has 1 heterocycles. The summed E-state index contributed by atoms with van der Waals surface area (Å²) in [5, 5.41) is 8.63. The molecular weight excluding hydrogens is 142 g/mol. The third-order valence-corrected chi connectivity index (χ3v) is 3.23. The summed E-state index contributed by atoms with van der Waals surface area (Å²) in [6, 6.07) is 2.33. The van der Waals surface area contributed by atoms with E-state index in [2.05, 4.69) is 6.07 Å². The highest BCUT2D eigenvalue weighted by atomic mass is 32.2. The Hall–Kier alpha value is -0.160. The minimum absolute atomic E-state index is 0.279. The van der Waals surface area contributed by atoms with E-state index < -0.39 is 0 Å². The number of thioether (sulfide) groups is 1. The van der Waals surface area contributed by atoms with Crippen LogP contribution in [0.3, 0.4) is 0 Å². The minimum Gasteiger partial charge on any atom is -0.198 e. The van der Waals surface area contributed by atoms with Crippen LogP contribution in [-0.4, -0.2) is 11.5 Å². The van der Waals surface area contributed by atoms with Gasteiger partial charge in [-0.1, -0.05) is 0 Å². The van der Waals surface area contributed by atoms with Crippen LogP contribution in [0.5, 0.6) is 0 Å². The molecule has 0 saturated carbocycles. The summed E-state index contributed by atoms with van der Waals surface area (Å²) in [5.41, 5.74) is 0. The molecule has 1 saturated heterocycles. The van der Waals surface area contributed by atoms with Crippen LogP contribution in [0.25, 0.3) is 0 Å². The Morgan fingerprint density at radius 3 is 2.60 bits per heavy atom. The maximum Gasteiger partial charge on any atom is 0.0655 e. The van der Waals surface area contributed by atoms with E-state index in [0.717, 1.165) is 0 Å². The van der Waals surface area contributed by atoms with Gasteiger partial charge in [-0.2, -0.15) is 17.0 Å². The van der Waals surface area contributed by atoms with Crippen LogP contribution in [0.4, 0.5) is 0 Å². The van der Waals surface area contributed by atoms with Gasteiger partial charge in [0, 0.05) is 5.92 Å². The second-order valence-corrected chi connectivity index (χ2v) is 4.09. The Labute approximate surface area is 66.8 Å². The number of hydrogen-bond acceptors (Lipinski definition) is 2. The van der Waals surface area contributed by atoms with Crippen molar-refractivity contribution >= 4 is 11.8 Å². The number of nitrogens with zero attached hydrogens (tertiary/aromatic N) is 1. The lowest BCUT2D eigenvalue weighted by molar-refractivity contribution is 0.401. The highest BCUT2D eigenvalue weighted by molar-refractivity contribution is 7.99. The van der Waals surface area contributed by atoms with Gasteiger partial charge in [0.15, 0.2) is 0 Å². The molecule has 1 aliphatic rings. The van der Waals surface area contributed by atoms with Crippen LogP contribution in [0.15, 0.2) is 0 Å². The van der Waals surface area contributed by atoms with Crippen LogP contribution >= 0.6 is 11.8 Å². The van der Waals surface area contributed by atoms with E-state index in [1.54, 1.807) is 0 Å². The molecule has 1 rings (SSSR count). The van der Waals surface area contributed by atoms with E-state index in [4.69, 9.17) is 5.26 Å². The van der Waals surface area contributed by atoms with Gasteiger partial charge < -0.3 is 0 Å². The normalized spacial score (nSPS) is 23.6. The van der Waals surface area contributed by atoms with Crippen LogP contribution in [-0.2, 0) is 0 Å². The monoisotopic (exact) mass is 155 g/mol. The molecule has 1 aliphatic heterocycles. The SMILES string of the molecule is CC(C#N)C1CCSCC1. The molecule has 10 heavy (non-hydrogen) atoms. The maximum atomic E-state index is 8.63. The van der Waals surface area contributed by atoms with Gasteiger partial charge in [0.2, 0.25) is 0 Å². The van der Waals surface area contributed by atoms with Gasteiger partial charge in [0.1, 0.15) is 0 Å². The lowest BCUT2D eigenvalue weighted by atomic mass is 9.90. The van der Waals surface area contributed by atoms with E-state index in [-0.39, 0.29) is 5.92 Å². The van der Waals surface area contributed by atoms with Crippen LogP contribution in [0.1, 0.15) is 19.8 Å². The predicted octanol–water partition coefficient (Wildman–Crippen LogP) is 2.29. The van der Waals surface area contributed by atoms with E-state index in [0.29, 0.717) is 5.92 Å². The molecule has 1 fully saturated rings. The smallest absolute Gasteiger partial charge is 0.0655 e. The van der Waals surface area contributed by atoms with E-state index >= 15 is 0 Å². The molecule has 2 heteroatoms. The summed E-state index contributed by atoms with van der Waals surface area (Å²) < 4.78 is 0. The summed E-state index contributed by atoms with van der Waals surface area (Å²) in [7, 11) is 0. The van der Waals surface area contributed by atoms with Crippen molar-refractivity contribution in [2.45, 2.75) is 19.8 Å². The zero-order valence-corrected chi connectivity index (χ0v) is 7.16. The van der Waals surface area contributed by atoms with Crippen molar-refractivity contribution < 1.29 is 0 Å². The topological polar surface area (TPSA) is 23.8 Å². The standard InChI is InChI=1S/C8H13NS/c1-7(6-9)8-2-4-10-5-3-8/h7-8H,2-5H2,1H3. The molecule has 0 N–H and O–H groups in total. The quantitative estimate of drug-likeness (QED) is 0.580. The average Bonchev–Trinajstić information content (AvgIpc) is 2.05. The fourth-order valence-electron chi connectivity index (χ4n) is 1.32. The summed E-state index contributed by atoms with van der Waals surface area (Å²) >= 11 is 2.02. The molecule has 0 aromatic heterocycles. The van der Waals surface area contributed by atoms with Gasteiger partial charge in [-0.15, -0.1) is 0 Å². The van der Waals surface area contributed by atoms with Gasteiger partial charge in [-0.25, -0.2) is 0 Å². The highest BCUT2D eigenvalue weighted by Crippen LogP contribution is 2.28. The number of hydrogen-bond donors (Lipinski definition) is 0. The first kappa shape index (κ1) is 7.94. The maximum absolute atomic E-state index is 8.63. The Morgan fingerprint density at radius 1 is 1.50 bits per heavy atom. The third kappa shape index (κ3) is 1.91. The van der Waals surface area contributed by atoms with E-state index in [1.165, 1.54) is 24.3 Å². The third-order valence-electron chi connectivity index (χ3n) is 2.18. The van der Waals surface area contributed by atoms with Crippen LogP contribution < -0.4 is 0 Å². The van der Waals surface area contributed by atoms with Gasteiger partial charge in [-0.05, 0) is 37.2 Å². The second kappa shape index (κ2) is 3.88. The Bertz CT molecular complexity index is 133. The summed E-state index contributed by atoms with van der Waals surface area (Å²) in [4.78, 5) is 0. The van der Waals surface area contributed by atoms with Gasteiger partial charge in [0.05, 0.1) is 6.07 Å². The molecule has 0 aromatic carbocycles. The van der Waals surface area contributed by atoms with Gasteiger partial charge in [0.25, 0.3) is 0 Å². The molecule has 0 aliphatic carbocycles. The average molecular weight is 155 g/mol. The van der Waals surface area contributed by atoms with Gasteiger partial charge in [-0.3, -0.25) is 0 Å². The molecule has 1 atom stereocenters.